The number of hydrogen-bond acceptors (Lipinski definition) is 4. The van der Waals surface area contributed by atoms with Gasteiger partial charge in [0, 0.05) is 30.3 Å². The Hall–Kier alpha value is -0.420. The maximum Gasteiger partial charge on any atom is 0.255 e. The number of benzene rings is 1. The summed E-state index contributed by atoms with van der Waals surface area (Å²) in [5.74, 6) is -0.249. The molecular formula is C14H23ClNO4P. The maximum absolute atomic E-state index is 12.5. The second-order valence-corrected chi connectivity index (χ2v) is 7.37. The highest BCUT2D eigenvalue weighted by molar-refractivity contribution is 7.58. The average Bonchev–Trinajstić information content (AvgIpc) is 2.45. The lowest BCUT2D eigenvalue weighted by Gasteiger charge is -2.26. The van der Waals surface area contributed by atoms with Gasteiger partial charge in [0.15, 0.2) is 0 Å². The Morgan fingerprint density at radius 2 is 1.76 bits per heavy atom. The summed E-state index contributed by atoms with van der Waals surface area (Å²) in [5.41, 5.74) is 6.63. The molecule has 7 heteroatoms. The molecule has 0 radical (unpaired) electrons. The average molecular weight is 336 g/mol. The summed E-state index contributed by atoms with van der Waals surface area (Å²) in [5, 5.41) is 0.614. The van der Waals surface area contributed by atoms with Crippen LogP contribution in [0.25, 0.3) is 0 Å². The van der Waals surface area contributed by atoms with Crippen LogP contribution in [0.5, 0.6) is 0 Å². The van der Waals surface area contributed by atoms with Crippen LogP contribution in [0.4, 0.5) is 0 Å². The van der Waals surface area contributed by atoms with Crippen LogP contribution in [0, 0.1) is 0 Å². The Balaban J connectivity index is 2.87. The summed E-state index contributed by atoms with van der Waals surface area (Å²) < 4.78 is 23.0. The monoisotopic (exact) mass is 335 g/mol. The number of rotatable bonds is 9. The van der Waals surface area contributed by atoms with Gasteiger partial charge in [-0.3, -0.25) is 4.57 Å². The molecule has 120 valence electrons. The molecule has 1 aromatic carbocycles. The molecule has 0 heterocycles. The third kappa shape index (κ3) is 5.70. The first kappa shape index (κ1) is 18.6. The lowest BCUT2D eigenvalue weighted by Crippen LogP contribution is -2.24. The van der Waals surface area contributed by atoms with Crippen LogP contribution >= 0.6 is 19.0 Å². The quantitative estimate of drug-likeness (QED) is 0.535. The molecule has 0 amide bonds. The van der Waals surface area contributed by atoms with Crippen molar-refractivity contribution in [2.45, 2.75) is 25.8 Å². The summed E-state index contributed by atoms with van der Waals surface area (Å²) in [6.07, 6.45) is 0.00972. The summed E-state index contributed by atoms with van der Waals surface area (Å²) in [6, 6.07) is 6.01. The fourth-order valence-electron chi connectivity index (χ4n) is 2.02. The molecule has 1 rings (SSSR count). The molecule has 0 saturated carbocycles. The van der Waals surface area contributed by atoms with E-state index in [1.807, 2.05) is 12.1 Å². The molecule has 0 spiro atoms. The van der Waals surface area contributed by atoms with Gasteiger partial charge in [-0.1, -0.05) is 23.7 Å². The maximum atomic E-state index is 12.5. The highest BCUT2D eigenvalue weighted by atomic mass is 35.5. The van der Waals surface area contributed by atoms with Crippen LogP contribution in [0.1, 0.15) is 25.3 Å². The molecule has 3 N–H and O–H groups in total. The fraction of sp³-hybridized carbons (Fsp3) is 0.571. The summed E-state index contributed by atoms with van der Waals surface area (Å²) in [7, 11) is -3.64. The molecule has 0 fully saturated rings. The first-order valence-corrected chi connectivity index (χ1v) is 9.24. The van der Waals surface area contributed by atoms with E-state index in [9.17, 15) is 9.46 Å². The molecule has 1 aromatic rings. The van der Waals surface area contributed by atoms with Crippen molar-refractivity contribution in [2.24, 2.45) is 5.73 Å². The van der Waals surface area contributed by atoms with E-state index in [0.29, 0.717) is 18.2 Å². The topological polar surface area (TPSA) is 81.8 Å². The van der Waals surface area contributed by atoms with Crippen molar-refractivity contribution in [1.29, 1.82) is 0 Å². The zero-order valence-electron chi connectivity index (χ0n) is 12.4. The van der Waals surface area contributed by atoms with Crippen LogP contribution in [0.3, 0.4) is 0 Å². The van der Waals surface area contributed by atoms with Gasteiger partial charge in [0.2, 0.25) is 6.03 Å². The molecule has 0 aromatic heterocycles. The molecule has 1 unspecified atom stereocenters. The normalized spacial score (nSPS) is 15.9. The minimum absolute atomic E-state index is 0.00972. The van der Waals surface area contributed by atoms with Crippen molar-refractivity contribution in [3.05, 3.63) is 34.9 Å². The molecule has 0 aliphatic carbocycles. The zero-order valence-corrected chi connectivity index (χ0v) is 14.0. The van der Waals surface area contributed by atoms with Crippen molar-refractivity contribution < 1.29 is 18.9 Å². The predicted octanol–water partition coefficient (Wildman–Crippen LogP) is 3.01. The number of ether oxygens (including phenoxy) is 2. The first-order valence-electron chi connectivity index (χ1n) is 6.94. The lowest BCUT2D eigenvalue weighted by atomic mass is 10.0. The highest BCUT2D eigenvalue weighted by Crippen LogP contribution is 2.50. The van der Waals surface area contributed by atoms with Gasteiger partial charge in [0.25, 0.3) is 7.37 Å². The minimum Gasteiger partial charge on any atom is -0.345 e. The molecule has 0 saturated heterocycles. The van der Waals surface area contributed by atoms with Crippen LogP contribution in [0.15, 0.2) is 24.3 Å². The Kier molecular flexibility index (Phi) is 7.88. The lowest BCUT2D eigenvalue weighted by molar-refractivity contribution is -0.0871. The molecule has 2 atom stereocenters. The SMILES string of the molecule is CCOC(OCC)P(=O)(O)C[C@H](CN)c1ccc(Cl)cc1. The molecular weight excluding hydrogens is 313 g/mol. The van der Waals surface area contributed by atoms with E-state index >= 15 is 0 Å². The van der Waals surface area contributed by atoms with Crippen LogP contribution in [0.2, 0.25) is 5.02 Å². The van der Waals surface area contributed by atoms with E-state index in [1.54, 1.807) is 26.0 Å². The largest absolute Gasteiger partial charge is 0.345 e. The van der Waals surface area contributed by atoms with Gasteiger partial charge in [-0.2, -0.15) is 0 Å². The van der Waals surface area contributed by atoms with Gasteiger partial charge in [-0.05, 0) is 38.1 Å². The van der Waals surface area contributed by atoms with Crippen molar-refractivity contribution in [2.75, 3.05) is 25.9 Å². The highest BCUT2D eigenvalue weighted by Gasteiger charge is 2.35. The number of nitrogens with two attached hydrogens (primary N) is 1. The fourth-order valence-corrected chi connectivity index (χ4v) is 4.07. The summed E-state index contributed by atoms with van der Waals surface area (Å²) >= 11 is 5.85. The number of halogens is 1. The zero-order chi connectivity index (χ0) is 15.9. The van der Waals surface area contributed by atoms with Crippen molar-refractivity contribution in [3.63, 3.8) is 0 Å². The van der Waals surface area contributed by atoms with E-state index in [2.05, 4.69) is 0 Å². The van der Waals surface area contributed by atoms with Gasteiger partial charge in [-0.15, -0.1) is 0 Å². The van der Waals surface area contributed by atoms with Crippen molar-refractivity contribution >= 4 is 19.0 Å². The second kappa shape index (κ2) is 8.89. The molecule has 0 bridgehead atoms. The Labute approximate surface area is 130 Å². The van der Waals surface area contributed by atoms with Gasteiger partial charge in [-0.25, -0.2) is 0 Å². The Morgan fingerprint density at radius 1 is 1.24 bits per heavy atom. The minimum atomic E-state index is -3.64. The first-order chi connectivity index (χ1) is 9.94. The predicted molar refractivity (Wildman–Crippen MR) is 85.0 cm³/mol. The van der Waals surface area contributed by atoms with E-state index < -0.39 is 13.4 Å². The van der Waals surface area contributed by atoms with Gasteiger partial charge < -0.3 is 20.1 Å². The van der Waals surface area contributed by atoms with Crippen LogP contribution in [-0.4, -0.2) is 36.8 Å². The summed E-state index contributed by atoms with van der Waals surface area (Å²) in [6.45, 7) is 4.39. The third-order valence-electron chi connectivity index (χ3n) is 3.06. The Bertz CT molecular complexity index is 463. The van der Waals surface area contributed by atoms with E-state index in [1.165, 1.54) is 0 Å². The summed E-state index contributed by atoms with van der Waals surface area (Å²) in [4.78, 5) is 10.3. The van der Waals surface area contributed by atoms with E-state index in [4.69, 9.17) is 26.8 Å². The standard InChI is InChI=1S/C14H23ClNO4P/c1-3-19-14(20-4-2)21(17,18)10-12(9-16)11-5-7-13(15)8-6-11/h5-8,12,14H,3-4,9-10,16H2,1-2H3,(H,17,18)/t12-/m0/s1. The third-order valence-corrected chi connectivity index (χ3v) is 5.23. The second-order valence-electron chi connectivity index (χ2n) is 4.64. The van der Waals surface area contributed by atoms with Crippen LogP contribution in [-0.2, 0) is 14.0 Å². The van der Waals surface area contributed by atoms with E-state index in [-0.39, 0.29) is 18.6 Å². The van der Waals surface area contributed by atoms with Gasteiger partial charge >= 0.3 is 0 Å². The van der Waals surface area contributed by atoms with Crippen LogP contribution < -0.4 is 5.73 Å². The smallest absolute Gasteiger partial charge is 0.255 e. The Morgan fingerprint density at radius 3 is 2.19 bits per heavy atom. The van der Waals surface area contributed by atoms with E-state index in [0.717, 1.165) is 5.56 Å². The van der Waals surface area contributed by atoms with Gasteiger partial charge in [0.1, 0.15) is 0 Å². The molecule has 5 nitrogen and oxygen atoms in total. The van der Waals surface area contributed by atoms with Crippen molar-refractivity contribution in [1.82, 2.24) is 0 Å². The number of hydrogen-bond donors (Lipinski definition) is 2. The molecule has 21 heavy (non-hydrogen) atoms. The van der Waals surface area contributed by atoms with Crippen molar-refractivity contribution in [3.8, 4) is 0 Å². The molecule has 0 aliphatic heterocycles. The van der Waals surface area contributed by atoms with Gasteiger partial charge in [0.05, 0.1) is 0 Å². The molecule has 0 aliphatic rings.